The van der Waals surface area contributed by atoms with Gasteiger partial charge in [-0.05, 0) is 12.1 Å². The SMILES string of the molecule is NCc1ncccc1N(CCO)CC(F)F. The van der Waals surface area contributed by atoms with Gasteiger partial charge in [-0.3, -0.25) is 4.98 Å². The Morgan fingerprint density at radius 1 is 1.50 bits per heavy atom. The van der Waals surface area contributed by atoms with Crippen molar-refractivity contribution in [3.8, 4) is 0 Å². The number of hydrogen-bond donors (Lipinski definition) is 2. The minimum Gasteiger partial charge on any atom is -0.395 e. The minimum absolute atomic E-state index is 0.142. The van der Waals surface area contributed by atoms with Crippen LogP contribution in [0.2, 0.25) is 0 Å². The lowest BCUT2D eigenvalue weighted by atomic mass is 10.2. The Balaban J connectivity index is 2.90. The predicted octanol–water partition coefficient (Wildman–Crippen LogP) is 0.604. The third-order valence-electron chi connectivity index (χ3n) is 2.13. The summed E-state index contributed by atoms with van der Waals surface area (Å²) in [7, 11) is 0. The molecule has 0 saturated heterocycles. The van der Waals surface area contributed by atoms with Crippen LogP contribution in [-0.4, -0.2) is 36.2 Å². The van der Waals surface area contributed by atoms with Gasteiger partial charge in [0.25, 0.3) is 6.43 Å². The van der Waals surface area contributed by atoms with Gasteiger partial charge >= 0.3 is 0 Å². The lowest BCUT2D eigenvalue weighted by Crippen LogP contribution is -2.32. The summed E-state index contributed by atoms with van der Waals surface area (Å²) in [4.78, 5) is 5.40. The smallest absolute Gasteiger partial charge is 0.255 e. The van der Waals surface area contributed by atoms with Crippen molar-refractivity contribution in [1.29, 1.82) is 0 Å². The summed E-state index contributed by atoms with van der Waals surface area (Å²) in [5.74, 6) is 0. The number of halogens is 2. The summed E-state index contributed by atoms with van der Waals surface area (Å²) in [6.45, 7) is -0.296. The van der Waals surface area contributed by atoms with E-state index in [0.717, 1.165) is 0 Å². The van der Waals surface area contributed by atoms with Gasteiger partial charge in [0.2, 0.25) is 0 Å². The van der Waals surface area contributed by atoms with Crippen LogP contribution in [0.5, 0.6) is 0 Å². The molecule has 0 unspecified atom stereocenters. The minimum atomic E-state index is -2.46. The lowest BCUT2D eigenvalue weighted by Gasteiger charge is -2.25. The van der Waals surface area contributed by atoms with Crippen LogP contribution in [0.15, 0.2) is 18.3 Å². The Morgan fingerprint density at radius 2 is 2.25 bits per heavy atom. The zero-order valence-electron chi connectivity index (χ0n) is 8.81. The molecule has 0 bridgehead atoms. The van der Waals surface area contributed by atoms with E-state index < -0.39 is 13.0 Å². The van der Waals surface area contributed by atoms with Crippen LogP contribution in [0.4, 0.5) is 14.5 Å². The number of anilines is 1. The van der Waals surface area contributed by atoms with E-state index in [1.807, 2.05) is 0 Å². The molecule has 0 aliphatic rings. The van der Waals surface area contributed by atoms with Gasteiger partial charge in [-0.2, -0.15) is 0 Å². The zero-order chi connectivity index (χ0) is 12.0. The maximum absolute atomic E-state index is 12.4. The highest BCUT2D eigenvalue weighted by Gasteiger charge is 2.15. The zero-order valence-corrected chi connectivity index (χ0v) is 8.81. The summed E-state index contributed by atoms with van der Waals surface area (Å²) >= 11 is 0. The van der Waals surface area contributed by atoms with Crippen LogP contribution in [0.3, 0.4) is 0 Å². The molecule has 4 nitrogen and oxygen atoms in total. The summed E-state index contributed by atoms with van der Waals surface area (Å²) in [6.07, 6.45) is -0.900. The Bertz CT molecular complexity index is 323. The fraction of sp³-hybridized carbons (Fsp3) is 0.500. The van der Waals surface area contributed by atoms with Gasteiger partial charge < -0.3 is 15.7 Å². The second-order valence-electron chi connectivity index (χ2n) is 3.23. The van der Waals surface area contributed by atoms with Crippen LogP contribution < -0.4 is 10.6 Å². The Labute approximate surface area is 92.7 Å². The molecule has 6 heteroatoms. The topological polar surface area (TPSA) is 62.4 Å². The van der Waals surface area contributed by atoms with Gasteiger partial charge in [-0.1, -0.05) is 0 Å². The van der Waals surface area contributed by atoms with E-state index in [4.69, 9.17) is 10.8 Å². The fourth-order valence-electron chi connectivity index (χ4n) is 1.47. The van der Waals surface area contributed by atoms with Gasteiger partial charge in [-0.25, -0.2) is 8.78 Å². The second kappa shape index (κ2) is 6.34. The highest BCUT2D eigenvalue weighted by Crippen LogP contribution is 2.18. The average molecular weight is 231 g/mol. The molecule has 0 aromatic carbocycles. The third kappa shape index (κ3) is 3.39. The average Bonchev–Trinajstić information content (AvgIpc) is 2.28. The first-order valence-corrected chi connectivity index (χ1v) is 4.97. The number of hydrogen-bond acceptors (Lipinski definition) is 4. The number of rotatable bonds is 6. The monoisotopic (exact) mass is 231 g/mol. The first-order valence-electron chi connectivity index (χ1n) is 4.97. The van der Waals surface area contributed by atoms with E-state index in [0.29, 0.717) is 11.4 Å². The second-order valence-corrected chi connectivity index (χ2v) is 3.23. The van der Waals surface area contributed by atoms with Crippen molar-refractivity contribution in [2.45, 2.75) is 13.0 Å². The Hall–Kier alpha value is -1.27. The van der Waals surface area contributed by atoms with Crippen molar-refractivity contribution in [1.82, 2.24) is 4.98 Å². The molecular weight excluding hydrogens is 216 g/mol. The van der Waals surface area contributed by atoms with E-state index in [9.17, 15) is 8.78 Å². The van der Waals surface area contributed by atoms with Gasteiger partial charge in [-0.15, -0.1) is 0 Å². The number of pyridine rings is 1. The van der Waals surface area contributed by atoms with Gasteiger partial charge in [0.15, 0.2) is 0 Å². The Kier molecular flexibility index (Phi) is 5.07. The van der Waals surface area contributed by atoms with Gasteiger partial charge in [0, 0.05) is 19.3 Å². The number of aliphatic hydroxyl groups is 1. The van der Waals surface area contributed by atoms with Crippen LogP contribution in [0.1, 0.15) is 5.69 Å². The highest BCUT2D eigenvalue weighted by atomic mass is 19.3. The van der Waals surface area contributed by atoms with Crippen molar-refractivity contribution in [2.24, 2.45) is 5.73 Å². The normalized spacial score (nSPS) is 10.8. The summed E-state index contributed by atoms with van der Waals surface area (Å²) in [6, 6.07) is 3.33. The summed E-state index contributed by atoms with van der Waals surface area (Å²) in [5, 5.41) is 8.84. The molecule has 90 valence electrons. The summed E-state index contributed by atoms with van der Waals surface area (Å²) < 4.78 is 24.7. The first-order chi connectivity index (χ1) is 7.69. The highest BCUT2D eigenvalue weighted by molar-refractivity contribution is 5.50. The maximum Gasteiger partial charge on any atom is 0.255 e. The summed E-state index contributed by atoms with van der Waals surface area (Å²) in [5.41, 5.74) is 6.58. The number of aliphatic hydroxyl groups excluding tert-OH is 1. The van der Waals surface area contributed by atoms with E-state index >= 15 is 0 Å². The van der Waals surface area contributed by atoms with Crippen molar-refractivity contribution in [3.05, 3.63) is 24.0 Å². The number of nitrogens with two attached hydrogens (primary N) is 1. The molecule has 0 aliphatic heterocycles. The molecule has 1 aromatic rings. The molecule has 1 aromatic heterocycles. The van der Waals surface area contributed by atoms with E-state index in [-0.39, 0.29) is 19.7 Å². The molecule has 0 saturated carbocycles. The third-order valence-corrected chi connectivity index (χ3v) is 2.13. The molecule has 1 rings (SSSR count). The van der Waals surface area contributed by atoms with Crippen molar-refractivity contribution in [2.75, 3.05) is 24.6 Å². The molecule has 3 N–H and O–H groups in total. The molecule has 16 heavy (non-hydrogen) atoms. The molecule has 0 radical (unpaired) electrons. The molecule has 0 fully saturated rings. The van der Waals surface area contributed by atoms with Crippen LogP contribution in [-0.2, 0) is 6.54 Å². The first kappa shape index (κ1) is 12.8. The van der Waals surface area contributed by atoms with Gasteiger partial charge in [0.05, 0.1) is 24.5 Å². The van der Waals surface area contributed by atoms with Crippen LogP contribution >= 0.6 is 0 Å². The fourth-order valence-corrected chi connectivity index (χ4v) is 1.47. The van der Waals surface area contributed by atoms with Crippen molar-refractivity contribution < 1.29 is 13.9 Å². The molecule has 0 aliphatic carbocycles. The maximum atomic E-state index is 12.4. The van der Waals surface area contributed by atoms with Gasteiger partial charge in [0.1, 0.15) is 0 Å². The predicted molar refractivity (Wildman–Crippen MR) is 57.4 cm³/mol. The molecule has 0 amide bonds. The molecule has 0 atom stereocenters. The largest absolute Gasteiger partial charge is 0.395 e. The quantitative estimate of drug-likeness (QED) is 0.752. The van der Waals surface area contributed by atoms with E-state index in [1.165, 1.54) is 4.90 Å². The van der Waals surface area contributed by atoms with Crippen LogP contribution in [0.25, 0.3) is 0 Å². The van der Waals surface area contributed by atoms with Crippen molar-refractivity contribution in [3.63, 3.8) is 0 Å². The Morgan fingerprint density at radius 3 is 2.81 bits per heavy atom. The molecule has 0 spiro atoms. The molecule has 1 heterocycles. The van der Waals surface area contributed by atoms with E-state index in [1.54, 1.807) is 18.3 Å². The number of nitrogens with zero attached hydrogens (tertiary/aromatic N) is 2. The lowest BCUT2D eigenvalue weighted by molar-refractivity contribution is 0.152. The van der Waals surface area contributed by atoms with Crippen LogP contribution in [0, 0.1) is 0 Å². The van der Waals surface area contributed by atoms with E-state index in [2.05, 4.69) is 4.98 Å². The van der Waals surface area contributed by atoms with Crippen molar-refractivity contribution >= 4 is 5.69 Å². The molecular formula is C10H15F2N3O. The number of alkyl halides is 2. The number of aromatic nitrogens is 1. The standard InChI is InChI=1S/C10H15F2N3O/c11-10(12)7-15(4-5-16)9-2-1-3-14-8(9)6-13/h1-3,10,16H,4-7,13H2.